The average Bonchev–Trinajstić information content (AvgIpc) is 3.10. The second kappa shape index (κ2) is 5.30. The van der Waals surface area contributed by atoms with Crippen molar-refractivity contribution in [2.24, 2.45) is 5.92 Å². The summed E-state index contributed by atoms with van der Waals surface area (Å²) in [4.78, 5) is 19.7. The summed E-state index contributed by atoms with van der Waals surface area (Å²) in [6.45, 7) is 1.64. The van der Waals surface area contributed by atoms with Crippen molar-refractivity contribution in [3.05, 3.63) is 47.2 Å². The van der Waals surface area contributed by atoms with Gasteiger partial charge >= 0.3 is 0 Å². The van der Waals surface area contributed by atoms with Crippen LogP contribution >= 0.6 is 11.6 Å². The van der Waals surface area contributed by atoms with Gasteiger partial charge in [0.2, 0.25) is 5.67 Å². The summed E-state index contributed by atoms with van der Waals surface area (Å²) >= 11 is 5.74. The molecule has 1 aromatic heterocycles. The van der Waals surface area contributed by atoms with Crippen LogP contribution in [0.2, 0.25) is 5.02 Å². The summed E-state index contributed by atoms with van der Waals surface area (Å²) < 4.78 is 14.5. The predicted molar refractivity (Wildman–Crippen MR) is 78.2 cm³/mol. The summed E-state index contributed by atoms with van der Waals surface area (Å²) in [5.74, 6) is -1.55. The number of rotatable bonds is 3. The number of benzene rings is 1. The molecule has 2 aromatic rings. The molecule has 3 rings (SSSR count). The molecule has 0 radical (unpaired) electrons. The number of halogens is 2. The quantitative estimate of drug-likeness (QED) is 0.673. The van der Waals surface area contributed by atoms with E-state index in [1.54, 1.807) is 31.2 Å². The Balaban J connectivity index is 1.84. The van der Waals surface area contributed by atoms with Crippen LogP contribution in [0, 0.1) is 5.92 Å². The number of hydrogen-bond acceptors (Lipinski definition) is 4. The van der Waals surface area contributed by atoms with E-state index in [-0.39, 0.29) is 0 Å². The summed E-state index contributed by atoms with van der Waals surface area (Å²) in [5, 5.41) is 9.09. The first-order valence-electron chi connectivity index (χ1n) is 6.69. The number of nitrogens with one attached hydrogen (secondary N) is 1. The lowest BCUT2D eigenvalue weighted by Gasteiger charge is -2.06. The summed E-state index contributed by atoms with van der Waals surface area (Å²) in [7, 11) is 0. The second-order valence-electron chi connectivity index (χ2n) is 5.32. The normalized spacial score (nSPS) is 26.5. The van der Waals surface area contributed by atoms with Gasteiger partial charge in [0, 0.05) is 29.8 Å². The van der Waals surface area contributed by atoms with Gasteiger partial charge in [-0.2, -0.15) is 0 Å². The number of amides is 1. The maximum Gasteiger partial charge on any atom is 0.281 e. The standard InChI is InChI=1S/C15H13ClFN3O2/c1-8-12(15(8,17)14(21)20-22)9-2-4-10(5-3-9)13-18-6-11(16)7-19-13/h2-8,12,22H,1H3,(H,20,21)/t8-,12+,15+/m1/s1. The zero-order valence-corrected chi connectivity index (χ0v) is 12.4. The van der Waals surface area contributed by atoms with Crippen LogP contribution in [0.1, 0.15) is 18.4 Å². The third-order valence-corrected chi connectivity index (χ3v) is 4.30. The smallest absolute Gasteiger partial charge is 0.281 e. The summed E-state index contributed by atoms with van der Waals surface area (Å²) in [5.41, 5.74) is 0.791. The Kier molecular flexibility index (Phi) is 3.58. The Morgan fingerprint density at radius 3 is 2.45 bits per heavy atom. The number of aromatic nitrogens is 2. The van der Waals surface area contributed by atoms with E-state index in [1.807, 2.05) is 0 Å². The fourth-order valence-electron chi connectivity index (χ4n) is 2.79. The molecule has 0 spiro atoms. The lowest BCUT2D eigenvalue weighted by atomic mass is 10.0. The maximum absolute atomic E-state index is 14.5. The van der Waals surface area contributed by atoms with Gasteiger partial charge in [-0.15, -0.1) is 0 Å². The highest BCUT2D eigenvalue weighted by molar-refractivity contribution is 6.30. The SMILES string of the molecule is C[C@@H]1[C@@H](c2ccc(-c3ncc(Cl)cn3)cc2)[C@]1(F)C(=O)NO. The molecule has 0 unspecified atom stereocenters. The average molecular weight is 322 g/mol. The van der Waals surface area contributed by atoms with Crippen LogP contribution in [-0.4, -0.2) is 26.8 Å². The molecule has 0 aliphatic heterocycles. The molecule has 7 heteroatoms. The highest BCUT2D eigenvalue weighted by atomic mass is 35.5. The minimum Gasteiger partial charge on any atom is -0.289 e. The van der Waals surface area contributed by atoms with Gasteiger partial charge in [0.05, 0.1) is 5.02 Å². The third-order valence-electron chi connectivity index (χ3n) is 4.10. The molecule has 0 bridgehead atoms. The molecule has 114 valence electrons. The molecule has 1 aliphatic carbocycles. The number of hydrogen-bond donors (Lipinski definition) is 2. The van der Waals surface area contributed by atoms with E-state index >= 15 is 0 Å². The van der Waals surface area contributed by atoms with Crippen molar-refractivity contribution >= 4 is 17.5 Å². The van der Waals surface area contributed by atoms with Crippen LogP contribution in [0.5, 0.6) is 0 Å². The van der Waals surface area contributed by atoms with Gasteiger partial charge in [0.25, 0.3) is 5.91 Å². The van der Waals surface area contributed by atoms with Crippen LogP contribution in [0.15, 0.2) is 36.7 Å². The predicted octanol–water partition coefficient (Wildman–Crippen LogP) is 2.74. The molecule has 22 heavy (non-hydrogen) atoms. The molecule has 0 saturated heterocycles. The first-order valence-corrected chi connectivity index (χ1v) is 7.07. The zero-order chi connectivity index (χ0) is 15.9. The summed E-state index contributed by atoms with van der Waals surface area (Å²) in [6, 6.07) is 7.00. The molecule has 2 N–H and O–H groups in total. The first-order chi connectivity index (χ1) is 10.5. The van der Waals surface area contributed by atoms with Crippen LogP contribution in [0.4, 0.5) is 4.39 Å². The number of nitrogens with zero attached hydrogens (tertiary/aromatic N) is 2. The molecular formula is C15H13ClFN3O2. The first kappa shape index (κ1) is 14.9. The van der Waals surface area contributed by atoms with Gasteiger partial charge in [-0.05, 0) is 5.56 Å². The molecule has 3 atom stereocenters. The Hall–Kier alpha value is -2.05. The minimum absolute atomic E-state index is 0.449. The summed E-state index contributed by atoms with van der Waals surface area (Å²) in [6.07, 6.45) is 3.00. The maximum atomic E-state index is 14.5. The van der Waals surface area contributed by atoms with E-state index in [4.69, 9.17) is 16.8 Å². The van der Waals surface area contributed by atoms with Crippen LogP contribution in [0.25, 0.3) is 11.4 Å². The van der Waals surface area contributed by atoms with E-state index in [9.17, 15) is 9.18 Å². The Morgan fingerprint density at radius 1 is 1.32 bits per heavy atom. The number of carbonyl (C=O) groups excluding carboxylic acids is 1. The van der Waals surface area contributed by atoms with Crippen molar-refractivity contribution in [2.45, 2.75) is 18.5 Å². The van der Waals surface area contributed by atoms with E-state index in [0.717, 1.165) is 5.56 Å². The molecule has 1 aliphatic rings. The minimum atomic E-state index is -2.06. The van der Waals surface area contributed by atoms with Gasteiger partial charge < -0.3 is 0 Å². The fraction of sp³-hybridized carbons (Fsp3) is 0.267. The lowest BCUT2D eigenvalue weighted by Crippen LogP contribution is -2.33. The monoisotopic (exact) mass is 321 g/mol. The van der Waals surface area contributed by atoms with E-state index in [0.29, 0.717) is 16.4 Å². The van der Waals surface area contributed by atoms with Crippen molar-refractivity contribution in [1.82, 2.24) is 15.4 Å². The van der Waals surface area contributed by atoms with Crippen LogP contribution in [0.3, 0.4) is 0 Å². The third kappa shape index (κ3) is 2.24. The van der Waals surface area contributed by atoms with Crippen molar-refractivity contribution in [3.8, 4) is 11.4 Å². The molecule has 5 nitrogen and oxygen atoms in total. The van der Waals surface area contributed by atoms with E-state index < -0.39 is 23.4 Å². The fourth-order valence-corrected chi connectivity index (χ4v) is 2.88. The van der Waals surface area contributed by atoms with Crippen molar-refractivity contribution in [1.29, 1.82) is 0 Å². The largest absolute Gasteiger partial charge is 0.289 e. The lowest BCUT2D eigenvalue weighted by molar-refractivity contribution is -0.136. The van der Waals surface area contributed by atoms with Crippen LogP contribution in [-0.2, 0) is 4.79 Å². The van der Waals surface area contributed by atoms with Crippen LogP contribution < -0.4 is 5.48 Å². The zero-order valence-electron chi connectivity index (χ0n) is 11.6. The van der Waals surface area contributed by atoms with Crippen molar-refractivity contribution in [3.63, 3.8) is 0 Å². The molecule has 1 fully saturated rings. The van der Waals surface area contributed by atoms with Crippen molar-refractivity contribution in [2.75, 3.05) is 0 Å². The van der Waals surface area contributed by atoms with Gasteiger partial charge in [-0.25, -0.2) is 19.8 Å². The Bertz CT molecular complexity index is 708. The highest BCUT2D eigenvalue weighted by Crippen LogP contribution is 2.60. The molecular weight excluding hydrogens is 309 g/mol. The van der Waals surface area contributed by atoms with Gasteiger partial charge in [-0.1, -0.05) is 42.8 Å². The molecule has 1 saturated carbocycles. The van der Waals surface area contributed by atoms with Gasteiger partial charge in [0.15, 0.2) is 5.82 Å². The van der Waals surface area contributed by atoms with Gasteiger partial charge in [-0.3, -0.25) is 10.0 Å². The van der Waals surface area contributed by atoms with E-state index in [2.05, 4.69) is 9.97 Å². The van der Waals surface area contributed by atoms with Crippen molar-refractivity contribution < 1.29 is 14.4 Å². The van der Waals surface area contributed by atoms with Gasteiger partial charge in [0.1, 0.15) is 0 Å². The topological polar surface area (TPSA) is 75.1 Å². The Morgan fingerprint density at radius 2 is 1.91 bits per heavy atom. The number of alkyl halides is 1. The molecule has 1 heterocycles. The van der Waals surface area contributed by atoms with E-state index in [1.165, 1.54) is 17.9 Å². The number of carbonyl (C=O) groups is 1. The second-order valence-corrected chi connectivity index (χ2v) is 5.76. The number of hydroxylamine groups is 1. The highest BCUT2D eigenvalue weighted by Gasteiger charge is 2.69. The molecule has 1 aromatic carbocycles. The Labute approximate surface area is 131 Å². The molecule has 1 amide bonds.